The van der Waals surface area contributed by atoms with Crippen molar-refractivity contribution in [1.29, 1.82) is 0 Å². The van der Waals surface area contributed by atoms with Crippen LogP contribution >= 0.6 is 0 Å². The Morgan fingerprint density at radius 3 is 2.11 bits per heavy atom. The van der Waals surface area contributed by atoms with Crippen molar-refractivity contribution in [3.05, 3.63) is 53.8 Å². The van der Waals surface area contributed by atoms with Gasteiger partial charge in [0.1, 0.15) is 16.3 Å². The van der Waals surface area contributed by atoms with Crippen molar-refractivity contribution in [2.45, 2.75) is 66.1 Å². The average Bonchev–Trinajstić information content (AvgIpc) is 2.77. The van der Waals surface area contributed by atoms with Crippen LogP contribution in [-0.4, -0.2) is 52.6 Å². The van der Waals surface area contributed by atoms with E-state index in [9.17, 15) is 39.2 Å². The van der Waals surface area contributed by atoms with Crippen LogP contribution in [0.4, 0.5) is 22.4 Å². The number of hydrogen-bond donors (Lipinski definition) is 1. The lowest BCUT2D eigenvalue weighted by atomic mass is 10.1. The zero-order chi connectivity index (χ0) is 27.8. The number of sulfone groups is 1. The van der Waals surface area contributed by atoms with E-state index in [1.54, 1.807) is 20.8 Å². The molecule has 37 heavy (non-hydrogen) atoms. The first kappa shape index (κ1) is 28.9. The Labute approximate surface area is 212 Å². The number of nitrogens with zero attached hydrogens (tertiary/aromatic N) is 1. The molecule has 1 amide bonds. The van der Waals surface area contributed by atoms with E-state index >= 15 is 0 Å². The summed E-state index contributed by atoms with van der Waals surface area (Å²) in [6.07, 6.45) is -5.54. The molecule has 8 nitrogen and oxygen atoms in total. The number of hydrogen-bond acceptors (Lipinski definition) is 6. The minimum absolute atomic E-state index is 0.0903. The standard InChI is InChI=1S/C23H26F4N2O6S2/c1-22(2,3)35-21(30)29-12-10-15(11-13-29)28-37(33,34)20-14-16(8-9-17(20)23(25,26)27)36(31,32)19-7-5-4-6-18(19)24/h4-9,14-15,28H,10-13H2,1-3H3. The molecule has 0 unspecified atom stereocenters. The van der Waals surface area contributed by atoms with Gasteiger partial charge in [-0.1, -0.05) is 12.1 Å². The van der Waals surface area contributed by atoms with E-state index in [1.807, 2.05) is 0 Å². The molecule has 0 bridgehead atoms. The van der Waals surface area contributed by atoms with Gasteiger partial charge in [0.2, 0.25) is 19.9 Å². The molecule has 1 saturated heterocycles. The second-order valence-electron chi connectivity index (χ2n) is 9.45. The first-order valence-corrected chi connectivity index (χ1v) is 14.1. The molecule has 14 heteroatoms. The molecular weight excluding hydrogens is 540 g/mol. The Hall–Kier alpha value is -2.71. The maximum Gasteiger partial charge on any atom is 0.417 e. The van der Waals surface area contributed by atoms with E-state index in [2.05, 4.69) is 4.72 Å². The Morgan fingerprint density at radius 2 is 1.57 bits per heavy atom. The Kier molecular flexibility index (Phi) is 7.97. The van der Waals surface area contributed by atoms with Gasteiger partial charge in [0.15, 0.2) is 0 Å². The molecule has 0 aromatic heterocycles. The highest BCUT2D eigenvalue weighted by Crippen LogP contribution is 2.37. The van der Waals surface area contributed by atoms with Crippen LogP contribution in [0.3, 0.4) is 0 Å². The van der Waals surface area contributed by atoms with Gasteiger partial charge in [-0.05, 0) is 63.9 Å². The number of rotatable bonds is 5. The van der Waals surface area contributed by atoms with E-state index in [0.717, 1.165) is 12.1 Å². The van der Waals surface area contributed by atoms with Crippen LogP contribution in [0.1, 0.15) is 39.2 Å². The second kappa shape index (κ2) is 10.2. The first-order valence-electron chi connectivity index (χ1n) is 11.1. The van der Waals surface area contributed by atoms with Gasteiger partial charge in [0.25, 0.3) is 0 Å². The monoisotopic (exact) mass is 566 g/mol. The van der Waals surface area contributed by atoms with Crippen molar-refractivity contribution >= 4 is 26.0 Å². The molecule has 0 aliphatic carbocycles. The summed E-state index contributed by atoms with van der Waals surface area (Å²) in [5, 5.41) is 0. The van der Waals surface area contributed by atoms with E-state index in [0.29, 0.717) is 18.2 Å². The number of piperidine rings is 1. The third-order valence-electron chi connectivity index (χ3n) is 5.45. The van der Waals surface area contributed by atoms with E-state index in [-0.39, 0.29) is 25.9 Å². The van der Waals surface area contributed by atoms with Gasteiger partial charge in [-0.15, -0.1) is 0 Å². The number of sulfonamides is 1. The fourth-order valence-electron chi connectivity index (χ4n) is 3.71. The number of ether oxygens (including phenoxy) is 1. The number of amides is 1. The largest absolute Gasteiger partial charge is 0.444 e. The quantitative estimate of drug-likeness (QED) is 0.539. The summed E-state index contributed by atoms with van der Waals surface area (Å²) in [6, 6.07) is 4.72. The SMILES string of the molecule is CC(C)(C)OC(=O)N1CCC(NS(=O)(=O)c2cc(S(=O)(=O)c3ccccc3F)ccc2C(F)(F)F)CC1. The van der Waals surface area contributed by atoms with Gasteiger partial charge in [-0.2, -0.15) is 13.2 Å². The number of carbonyl (C=O) groups excluding carboxylic acids is 1. The lowest BCUT2D eigenvalue weighted by Gasteiger charge is -2.33. The minimum atomic E-state index is -5.12. The van der Waals surface area contributed by atoms with Crippen LogP contribution in [0.15, 0.2) is 57.2 Å². The van der Waals surface area contributed by atoms with Gasteiger partial charge in [0.05, 0.1) is 15.4 Å². The van der Waals surface area contributed by atoms with Gasteiger partial charge >= 0.3 is 12.3 Å². The van der Waals surface area contributed by atoms with Gasteiger partial charge in [0, 0.05) is 19.1 Å². The predicted octanol–water partition coefficient (Wildman–Crippen LogP) is 4.36. The molecule has 0 spiro atoms. The van der Waals surface area contributed by atoms with Crippen LogP contribution in [0.25, 0.3) is 0 Å². The van der Waals surface area contributed by atoms with Crippen molar-refractivity contribution in [2.24, 2.45) is 0 Å². The summed E-state index contributed by atoms with van der Waals surface area (Å²) in [6.45, 7) is 5.24. The fraction of sp³-hybridized carbons (Fsp3) is 0.435. The summed E-state index contributed by atoms with van der Waals surface area (Å²) in [5.74, 6) is -1.14. The van der Waals surface area contributed by atoms with E-state index in [4.69, 9.17) is 4.74 Å². The number of benzene rings is 2. The van der Waals surface area contributed by atoms with Crippen LogP contribution in [0.5, 0.6) is 0 Å². The van der Waals surface area contributed by atoms with Gasteiger partial charge < -0.3 is 9.64 Å². The van der Waals surface area contributed by atoms with Crippen molar-refractivity contribution in [2.75, 3.05) is 13.1 Å². The minimum Gasteiger partial charge on any atom is -0.444 e. The summed E-state index contributed by atoms with van der Waals surface area (Å²) in [4.78, 5) is 10.7. The second-order valence-corrected chi connectivity index (χ2v) is 13.1. The smallest absolute Gasteiger partial charge is 0.417 e. The fourth-order valence-corrected chi connectivity index (χ4v) is 6.69. The zero-order valence-corrected chi connectivity index (χ0v) is 21.8. The first-order chi connectivity index (χ1) is 16.9. The molecule has 1 heterocycles. The number of halogens is 4. The summed E-state index contributed by atoms with van der Waals surface area (Å²) in [5.41, 5.74) is -2.31. The number of alkyl halides is 3. The molecule has 1 aliphatic heterocycles. The number of carbonyl (C=O) groups is 1. The molecule has 1 fully saturated rings. The lowest BCUT2D eigenvalue weighted by molar-refractivity contribution is -0.140. The molecule has 2 aromatic carbocycles. The third-order valence-corrected chi connectivity index (χ3v) is 8.80. The maximum absolute atomic E-state index is 14.1. The van der Waals surface area contributed by atoms with Gasteiger partial charge in [-0.25, -0.2) is 30.7 Å². The topological polar surface area (TPSA) is 110 Å². The highest BCUT2D eigenvalue weighted by molar-refractivity contribution is 7.91. The third kappa shape index (κ3) is 6.79. The molecule has 0 atom stereocenters. The Balaban J connectivity index is 1.90. The molecule has 0 saturated carbocycles. The van der Waals surface area contributed by atoms with Crippen LogP contribution < -0.4 is 4.72 Å². The predicted molar refractivity (Wildman–Crippen MR) is 124 cm³/mol. The highest BCUT2D eigenvalue weighted by atomic mass is 32.2. The van der Waals surface area contributed by atoms with Crippen LogP contribution in [0.2, 0.25) is 0 Å². The van der Waals surface area contributed by atoms with Crippen LogP contribution in [-0.2, 0) is 30.8 Å². The molecule has 0 radical (unpaired) electrons. The van der Waals surface area contributed by atoms with Crippen molar-refractivity contribution < 1.29 is 43.9 Å². The van der Waals surface area contributed by atoms with Crippen LogP contribution in [0, 0.1) is 5.82 Å². The highest BCUT2D eigenvalue weighted by Gasteiger charge is 2.39. The molecule has 1 N–H and O–H groups in total. The average molecular weight is 567 g/mol. The normalized spacial score (nSPS) is 16.0. The lowest BCUT2D eigenvalue weighted by Crippen LogP contribution is -2.47. The van der Waals surface area contributed by atoms with E-state index < -0.39 is 69.8 Å². The summed E-state index contributed by atoms with van der Waals surface area (Å²) >= 11 is 0. The summed E-state index contributed by atoms with van der Waals surface area (Å²) in [7, 11) is -9.55. The molecule has 2 aromatic rings. The molecule has 3 rings (SSSR count). The molecule has 204 valence electrons. The van der Waals surface area contributed by atoms with E-state index in [1.165, 1.54) is 17.0 Å². The summed E-state index contributed by atoms with van der Waals surface area (Å²) < 4.78 is 115. The Bertz CT molecular complexity index is 1380. The number of likely N-dealkylation sites (tertiary alicyclic amines) is 1. The molecule has 1 aliphatic rings. The maximum atomic E-state index is 14.1. The Morgan fingerprint density at radius 1 is 0.973 bits per heavy atom. The molecular formula is C23H26F4N2O6S2. The van der Waals surface area contributed by atoms with Crippen molar-refractivity contribution in [1.82, 2.24) is 9.62 Å². The van der Waals surface area contributed by atoms with Crippen molar-refractivity contribution in [3.8, 4) is 0 Å². The number of nitrogens with one attached hydrogen (secondary N) is 1. The van der Waals surface area contributed by atoms with Gasteiger partial charge in [-0.3, -0.25) is 0 Å². The zero-order valence-electron chi connectivity index (χ0n) is 20.2. The van der Waals surface area contributed by atoms with Crippen molar-refractivity contribution in [3.63, 3.8) is 0 Å².